The van der Waals surface area contributed by atoms with Crippen LogP contribution < -0.4 is 4.74 Å². The molecule has 3 rings (SSSR count). The number of carbonyl (C=O) groups excluding carboxylic acids is 1. The molecular weight excluding hydrogens is 286 g/mol. The van der Waals surface area contributed by atoms with Gasteiger partial charge in [0.2, 0.25) is 5.91 Å². The van der Waals surface area contributed by atoms with E-state index in [2.05, 4.69) is 30.8 Å². The zero-order chi connectivity index (χ0) is 16.2. The first-order valence-electron chi connectivity index (χ1n) is 7.86. The second kappa shape index (κ2) is 6.69. The van der Waals surface area contributed by atoms with E-state index in [1.165, 1.54) is 22.8 Å². The molecule has 3 nitrogen and oxygen atoms in total. The summed E-state index contributed by atoms with van der Waals surface area (Å²) in [5.74, 6) is 0.992. The van der Waals surface area contributed by atoms with Crippen LogP contribution in [0.25, 0.3) is 0 Å². The second-order valence-electron chi connectivity index (χ2n) is 5.77. The third-order valence-electron chi connectivity index (χ3n) is 4.47. The summed E-state index contributed by atoms with van der Waals surface area (Å²) >= 11 is 0. The third-order valence-corrected chi connectivity index (χ3v) is 4.47. The van der Waals surface area contributed by atoms with Crippen LogP contribution in [0.3, 0.4) is 0 Å². The molecule has 0 saturated carbocycles. The highest BCUT2D eigenvalue weighted by molar-refractivity contribution is 5.87. The summed E-state index contributed by atoms with van der Waals surface area (Å²) in [5, 5.41) is 0. The van der Waals surface area contributed by atoms with Crippen molar-refractivity contribution in [3.05, 3.63) is 77.9 Å². The molecule has 3 heteroatoms. The Morgan fingerprint density at radius 3 is 2.74 bits per heavy atom. The number of benzene rings is 2. The van der Waals surface area contributed by atoms with Crippen molar-refractivity contribution in [2.24, 2.45) is 0 Å². The van der Waals surface area contributed by atoms with Crippen molar-refractivity contribution in [3.63, 3.8) is 0 Å². The predicted octanol–water partition coefficient (Wildman–Crippen LogP) is 3.40. The SMILES string of the molecule is C=CC(=O)N1CCc2ccc(OC)cc2C(c2ccccc2)C1. The number of hydrogen-bond donors (Lipinski definition) is 0. The number of hydrogen-bond acceptors (Lipinski definition) is 2. The average molecular weight is 307 g/mol. The van der Waals surface area contributed by atoms with Crippen molar-refractivity contribution in [2.75, 3.05) is 20.2 Å². The molecular formula is C20H21NO2. The van der Waals surface area contributed by atoms with Crippen molar-refractivity contribution in [1.82, 2.24) is 4.90 Å². The smallest absolute Gasteiger partial charge is 0.245 e. The predicted molar refractivity (Wildman–Crippen MR) is 91.8 cm³/mol. The first-order chi connectivity index (χ1) is 11.2. The van der Waals surface area contributed by atoms with E-state index in [0.717, 1.165) is 12.2 Å². The normalized spacial score (nSPS) is 17.1. The molecule has 0 fully saturated rings. The summed E-state index contributed by atoms with van der Waals surface area (Å²) in [5.41, 5.74) is 3.74. The largest absolute Gasteiger partial charge is 0.497 e. The van der Waals surface area contributed by atoms with E-state index in [1.54, 1.807) is 7.11 Å². The van der Waals surface area contributed by atoms with Crippen LogP contribution in [-0.2, 0) is 11.2 Å². The number of fused-ring (bicyclic) bond motifs is 1. The number of methoxy groups -OCH3 is 1. The van der Waals surface area contributed by atoms with Gasteiger partial charge in [0.1, 0.15) is 5.75 Å². The zero-order valence-corrected chi connectivity index (χ0v) is 13.4. The first-order valence-corrected chi connectivity index (χ1v) is 7.86. The summed E-state index contributed by atoms with van der Waals surface area (Å²) in [4.78, 5) is 14.0. The standard InChI is InChI=1S/C20H21NO2/c1-3-20(22)21-12-11-16-9-10-17(23-2)13-18(16)19(14-21)15-7-5-4-6-8-15/h3-10,13,19H,1,11-12,14H2,2H3. The minimum absolute atomic E-state index is 0.00861. The quantitative estimate of drug-likeness (QED) is 0.813. The van der Waals surface area contributed by atoms with Gasteiger partial charge in [0.05, 0.1) is 7.11 Å². The van der Waals surface area contributed by atoms with Crippen molar-refractivity contribution in [3.8, 4) is 5.75 Å². The van der Waals surface area contributed by atoms with Gasteiger partial charge in [0, 0.05) is 19.0 Å². The monoisotopic (exact) mass is 307 g/mol. The van der Waals surface area contributed by atoms with E-state index in [4.69, 9.17) is 4.74 Å². The number of rotatable bonds is 3. The molecule has 0 bridgehead atoms. The van der Waals surface area contributed by atoms with E-state index in [-0.39, 0.29) is 11.8 Å². The Morgan fingerprint density at radius 2 is 2.04 bits per heavy atom. The highest BCUT2D eigenvalue weighted by atomic mass is 16.5. The van der Waals surface area contributed by atoms with Crippen LogP contribution in [0, 0.1) is 0 Å². The fraction of sp³-hybridized carbons (Fsp3) is 0.250. The van der Waals surface area contributed by atoms with Crippen LogP contribution in [0.15, 0.2) is 61.2 Å². The Bertz CT molecular complexity index is 709. The minimum Gasteiger partial charge on any atom is -0.497 e. The van der Waals surface area contributed by atoms with Crippen LogP contribution in [-0.4, -0.2) is 31.0 Å². The lowest BCUT2D eigenvalue weighted by molar-refractivity contribution is -0.126. The van der Waals surface area contributed by atoms with Crippen LogP contribution in [0.2, 0.25) is 0 Å². The summed E-state index contributed by atoms with van der Waals surface area (Å²) in [7, 11) is 1.68. The molecule has 0 radical (unpaired) electrons. The molecule has 0 aromatic heterocycles. The fourth-order valence-corrected chi connectivity index (χ4v) is 3.22. The van der Waals surface area contributed by atoms with Crippen LogP contribution in [0.4, 0.5) is 0 Å². The van der Waals surface area contributed by atoms with E-state index >= 15 is 0 Å². The molecule has 1 unspecified atom stereocenters. The maximum Gasteiger partial charge on any atom is 0.245 e. The molecule has 1 aliphatic rings. The number of amides is 1. The van der Waals surface area contributed by atoms with Crippen LogP contribution >= 0.6 is 0 Å². The Hall–Kier alpha value is -2.55. The second-order valence-corrected chi connectivity index (χ2v) is 5.77. The molecule has 23 heavy (non-hydrogen) atoms. The average Bonchev–Trinajstić information content (AvgIpc) is 2.81. The molecule has 0 spiro atoms. The Labute approximate surface area is 137 Å². The Morgan fingerprint density at radius 1 is 1.26 bits per heavy atom. The van der Waals surface area contributed by atoms with E-state index in [0.29, 0.717) is 13.1 Å². The molecule has 1 aliphatic heterocycles. The highest BCUT2D eigenvalue weighted by Crippen LogP contribution is 2.33. The first kappa shape index (κ1) is 15.3. The van der Waals surface area contributed by atoms with Gasteiger partial charge in [-0.2, -0.15) is 0 Å². The minimum atomic E-state index is -0.00861. The van der Waals surface area contributed by atoms with Crippen molar-refractivity contribution in [2.45, 2.75) is 12.3 Å². The molecule has 1 amide bonds. The van der Waals surface area contributed by atoms with Gasteiger partial charge < -0.3 is 9.64 Å². The summed E-state index contributed by atoms with van der Waals surface area (Å²) in [6, 6.07) is 16.6. The van der Waals surface area contributed by atoms with Crippen LogP contribution in [0.5, 0.6) is 5.75 Å². The van der Waals surface area contributed by atoms with Crippen molar-refractivity contribution < 1.29 is 9.53 Å². The lowest BCUT2D eigenvalue weighted by Gasteiger charge is -2.24. The summed E-state index contributed by atoms with van der Waals surface area (Å²) < 4.78 is 5.40. The molecule has 1 heterocycles. The number of nitrogens with zero attached hydrogens (tertiary/aromatic N) is 1. The summed E-state index contributed by atoms with van der Waals surface area (Å²) in [6.45, 7) is 5.01. The van der Waals surface area contributed by atoms with Gasteiger partial charge in [-0.1, -0.05) is 43.0 Å². The molecule has 118 valence electrons. The molecule has 0 aliphatic carbocycles. The van der Waals surface area contributed by atoms with Gasteiger partial charge in [-0.3, -0.25) is 4.79 Å². The van der Waals surface area contributed by atoms with E-state index in [9.17, 15) is 4.79 Å². The van der Waals surface area contributed by atoms with Gasteiger partial charge in [-0.25, -0.2) is 0 Å². The highest BCUT2D eigenvalue weighted by Gasteiger charge is 2.26. The summed E-state index contributed by atoms with van der Waals surface area (Å²) in [6.07, 6.45) is 2.25. The third kappa shape index (κ3) is 3.14. The molecule has 2 aromatic carbocycles. The Kier molecular flexibility index (Phi) is 4.47. The molecule has 2 aromatic rings. The van der Waals surface area contributed by atoms with E-state index in [1.807, 2.05) is 29.2 Å². The molecule has 1 atom stereocenters. The van der Waals surface area contributed by atoms with Crippen LogP contribution in [0.1, 0.15) is 22.6 Å². The maximum absolute atomic E-state index is 12.2. The topological polar surface area (TPSA) is 29.5 Å². The van der Waals surface area contributed by atoms with Gasteiger partial charge in [0.25, 0.3) is 0 Å². The van der Waals surface area contributed by atoms with Crippen molar-refractivity contribution in [1.29, 1.82) is 0 Å². The lowest BCUT2D eigenvalue weighted by atomic mass is 9.88. The van der Waals surface area contributed by atoms with Crippen molar-refractivity contribution >= 4 is 5.91 Å². The fourth-order valence-electron chi connectivity index (χ4n) is 3.22. The van der Waals surface area contributed by atoms with Gasteiger partial charge in [0.15, 0.2) is 0 Å². The molecule has 0 saturated heterocycles. The maximum atomic E-state index is 12.2. The van der Waals surface area contributed by atoms with Gasteiger partial charge in [-0.15, -0.1) is 0 Å². The lowest BCUT2D eigenvalue weighted by Crippen LogP contribution is -2.33. The Balaban J connectivity index is 2.07. The zero-order valence-electron chi connectivity index (χ0n) is 13.4. The van der Waals surface area contributed by atoms with E-state index < -0.39 is 0 Å². The van der Waals surface area contributed by atoms with Gasteiger partial charge in [-0.05, 0) is 41.3 Å². The number of carbonyl (C=O) groups is 1. The number of ether oxygens (including phenoxy) is 1. The van der Waals surface area contributed by atoms with Gasteiger partial charge >= 0.3 is 0 Å². The molecule has 0 N–H and O–H groups in total.